The molecule has 2 nitrogen and oxygen atoms in total. The van der Waals surface area contributed by atoms with Crippen molar-refractivity contribution in [2.24, 2.45) is 0 Å². The third-order valence-corrected chi connectivity index (χ3v) is 2.91. The minimum Gasteiger partial charge on any atom is -0.157 e. The van der Waals surface area contributed by atoms with Crippen LogP contribution in [-0.2, 0) is 0 Å². The van der Waals surface area contributed by atoms with Crippen molar-refractivity contribution < 1.29 is 0 Å². The highest BCUT2D eigenvalue weighted by atomic mass is 35.5. The van der Waals surface area contributed by atoms with Crippen molar-refractivity contribution in [3.8, 4) is 11.1 Å². The van der Waals surface area contributed by atoms with E-state index in [-0.39, 0.29) is 0 Å². The highest BCUT2D eigenvalue weighted by molar-refractivity contribution is 6.29. The van der Waals surface area contributed by atoms with Gasteiger partial charge in [0.2, 0.25) is 0 Å². The number of aromatic nitrogens is 2. The first-order valence-electron chi connectivity index (χ1n) is 5.31. The molecule has 0 spiro atoms. The Kier molecular flexibility index (Phi) is 2.50. The van der Waals surface area contributed by atoms with Crippen LogP contribution in [0.3, 0.4) is 0 Å². The predicted molar refractivity (Wildman–Crippen MR) is 70.0 cm³/mol. The Morgan fingerprint density at radius 1 is 0.941 bits per heavy atom. The molecule has 0 amide bonds. The molecule has 0 aliphatic carbocycles. The normalized spacial score (nSPS) is 10.6. The van der Waals surface area contributed by atoms with Gasteiger partial charge in [-0.15, -0.1) is 5.10 Å². The summed E-state index contributed by atoms with van der Waals surface area (Å²) in [6.45, 7) is 0. The first-order valence-corrected chi connectivity index (χ1v) is 5.69. The molecule has 1 heterocycles. The Hall–Kier alpha value is -1.93. The van der Waals surface area contributed by atoms with Crippen molar-refractivity contribution in [2.75, 3.05) is 0 Å². The van der Waals surface area contributed by atoms with Crippen LogP contribution in [0.4, 0.5) is 0 Å². The molecule has 0 N–H and O–H groups in total. The van der Waals surface area contributed by atoms with Crippen molar-refractivity contribution in [1.29, 1.82) is 0 Å². The molecule has 1 aromatic heterocycles. The fraction of sp³-hybridized carbons (Fsp3) is 0. The molecule has 0 bridgehead atoms. The van der Waals surface area contributed by atoms with E-state index in [0.29, 0.717) is 5.15 Å². The second-order valence-corrected chi connectivity index (χ2v) is 4.18. The summed E-state index contributed by atoms with van der Waals surface area (Å²) in [7, 11) is 0. The average molecular weight is 241 g/mol. The number of fused-ring (bicyclic) bond motifs is 1. The number of halogens is 1. The lowest BCUT2D eigenvalue weighted by atomic mass is 10.00. The summed E-state index contributed by atoms with van der Waals surface area (Å²) in [6.07, 6.45) is 1.73. The van der Waals surface area contributed by atoms with Crippen molar-refractivity contribution in [3.63, 3.8) is 0 Å². The molecule has 0 saturated carbocycles. The average Bonchev–Trinajstić information content (AvgIpc) is 2.38. The third-order valence-electron chi connectivity index (χ3n) is 2.73. The third kappa shape index (κ3) is 1.87. The van der Waals surface area contributed by atoms with Gasteiger partial charge in [0.1, 0.15) is 0 Å². The maximum absolute atomic E-state index is 5.87. The molecule has 3 heteroatoms. The van der Waals surface area contributed by atoms with Gasteiger partial charge in [0, 0.05) is 5.56 Å². The minimum atomic E-state index is 0.412. The lowest BCUT2D eigenvalue weighted by Gasteiger charge is -2.05. The summed E-state index contributed by atoms with van der Waals surface area (Å²) < 4.78 is 0. The van der Waals surface area contributed by atoms with Crippen molar-refractivity contribution >= 4 is 22.4 Å². The van der Waals surface area contributed by atoms with E-state index in [9.17, 15) is 0 Å². The molecular weight excluding hydrogens is 232 g/mol. The van der Waals surface area contributed by atoms with Crippen molar-refractivity contribution in [2.45, 2.75) is 0 Å². The summed E-state index contributed by atoms with van der Waals surface area (Å²) >= 11 is 5.87. The van der Waals surface area contributed by atoms with Crippen LogP contribution in [0.2, 0.25) is 5.15 Å². The summed E-state index contributed by atoms with van der Waals surface area (Å²) in [5.41, 5.74) is 2.11. The lowest BCUT2D eigenvalue weighted by molar-refractivity contribution is 1.03. The number of hydrogen-bond donors (Lipinski definition) is 0. The Bertz CT molecular complexity index is 674. The van der Waals surface area contributed by atoms with Gasteiger partial charge in [-0.2, -0.15) is 5.10 Å². The van der Waals surface area contributed by atoms with Crippen LogP contribution in [0.1, 0.15) is 0 Å². The van der Waals surface area contributed by atoms with Crippen molar-refractivity contribution in [1.82, 2.24) is 10.2 Å². The van der Waals surface area contributed by atoms with Crippen molar-refractivity contribution in [3.05, 3.63) is 59.9 Å². The molecule has 17 heavy (non-hydrogen) atoms. The molecule has 3 aromatic rings. The Labute approximate surface area is 104 Å². The van der Waals surface area contributed by atoms with Crippen LogP contribution in [0, 0.1) is 0 Å². The van der Waals surface area contributed by atoms with E-state index in [1.807, 2.05) is 24.3 Å². The van der Waals surface area contributed by atoms with Crippen LogP contribution in [0.25, 0.3) is 21.9 Å². The minimum absolute atomic E-state index is 0.412. The lowest BCUT2D eigenvalue weighted by Crippen LogP contribution is -1.85. The smallest absolute Gasteiger partial charge is 0.152 e. The van der Waals surface area contributed by atoms with Gasteiger partial charge in [0.05, 0.1) is 6.20 Å². The Morgan fingerprint density at radius 3 is 2.65 bits per heavy atom. The van der Waals surface area contributed by atoms with Crippen LogP contribution in [0.15, 0.2) is 54.7 Å². The van der Waals surface area contributed by atoms with Gasteiger partial charge in [0.25, 0.3) is 0 Å². The van der Waals surface area contributed by atoms with E-state index in [1.54, 1.807) is 6.20 Å². The van der Waals surface area contributed by atoms with Gasteiger partial charge >= 0.3 is 0 Å². The monoisotopic (exact) mass is 240 g/mol. The second-order valence-electron chi connectivity index (χ2n) is 3.79. The molecular formula is C14H9ClN2. The molecule has 0 fully saturated rings. The molecule has 0 radical (unpaired) electrons. The van der Waals surface area contributed by atoms with E-state index in [4.69, 9.17) is 11.6 Å². The summed E-state index contributed by atoms with van der Waals surface area (Å²) in [5.74, 6) is 0. The largest absolute Gasteiger partial charge is 0.157 e. The van der Waals surface area contributed by atoms with E-state index in [2.05, 4.69) is 34.5 Å². The van der Waals surface area contributed by atoms with Gasteiger partial charge < -0.3 is 0 Å². The predicted octanol–water partition coefficient (Wildman–Crippen LogP) is 3.95. The van der Waals surface area contributed by atoms with E-state index in [1.165, 1.54) is 10.8 Å². The van der Waals surface area contributed by atoms with Crippen LogP contribution in [-0.4, -0.2) is 10.2 Å². The maximum Gasteiger partial charge on any atom is 0.152 e. The van der Waals surface area contributed by atoms with E-state index in [0.717, 1.165) is 11.1 Å². The highest BCUT2D eigenvalue weighted by Gasteiger charge is 2.04. The zero-order valence-electron chi connectivity index (χ0n) is 8.97. The second kappa shape index (κ2) is 4.15. The Balaban J connectivity index is 2.30. The number of rotatable bonds is 1. The zero-order chi connectivity index (χ0) is 11.7. The van der Waals surface area contributed by atoms with E-state index >= 15 is 0 Å². The molecule has 0 aliphatic heterocycles. The zero-order valence-corrected chi connectivity index (χ0v) is 9.72. The molecule has 82 valence electrons. The first kappa shape index (κ1) is 10.2. The summed E-state index contributed by atoms with van der Waals surface area (Å²) in [4.78, 5) is 0. The van der Waals surface area contributed by atoms with Gasteiger partial charge in [0.15, 0.2) is 5.15 Å². The van der Waals surface area contributed by atoms with Gasteiger partial charge in [-0.05, 0) is 22.4 Å². The fourth-order valence-corrected chi connectivity index (χ4v) is 2.13. The standard InChI is InChI=1S/C14H9ClN2/c15-14-8-11(9-16-17-14)13-7-3-5-10-4-1-2-6-12(10)13/h1-9H. The molecule has 3 rings (SSSR count). The molecule has 2 aromatic carbocycles. The number of hydrogen-bond acceptors (Lipinski definition) is 2. The first-order chi connectivity index (χ1) is 8.34. The molecule has 0 aliphatic rings. The van der Waals surface area contributed by atoms with Crippen LogP contribution < -0.4 is 0 Å². The highest BCUT2D eigenvalue weighted by Crippen LogP contribution is 2.28. The Morgan fingerprint density at radius 2 is 1.76 bits per heavy atom. The van der Waals surface area contributed by atoms with Crippen LogP contribution >= 0.6 is 11.6 Å². The van der Waals surface area contributed by atoms with E-state index < -0.39 is 0 Å². The quantitative estimate of drug-likeness (QED) is 0.644. The summed E-state index contributed by atoms with van der Waals surface area (Å²) in [6, 6.07) is 16.3. The maximum atomic E-state index is 5.87. The summed E-state index contributed by atoms with van der Waals surface area (Å²) in [5, 5.41) is 10.5. The SMILES string of the molecule is Clc1cc(-c2cccc3ccccc23)cnn1. The number of benzene rings is 2. The molecule has 0 atom stereocenters. The van der Waals surface area contributed by atoms with Gasteiger partial charge in [-0.3, -0.25) is 0 Å². The molecule has 0 unspecified atom stereocenters. The van der Waals surface area contributed by atoms with Gasteiger partial charge in [-0.25, -0.2) is 0 Å². The van der Waals surface area contributed by atoms with Crippen LogP contribution in [0.5, 0.6) is 0 Å². The van der Waals surface area contributed by atoms with Gasteiger partial charge in [-0.1, -0.05) is 54.1 Å². The molecule has 0 saturated heterocycles. The topological polar surface area (TPSA) is 25.8 Å². The fourth-order valence-electron chi connectivity index (χ4n) is 1.97. The number of nitrogens with zero attached hydrogens (tertiary/aromatic N) is 2.